The average Bonchev–Trinajstić information content (AvgIpc) is 3.28. The topological polar surface area (TPSA) is 127 Å². The van der Waals surface area contributed by atoms with Crippen LogP contribution in [0.4, 0.5) is 5.82 Å². The van der Waals surface area contributed by atoms with Crippen molar-refractivity contribution in [1.29, 1.82) is 5.41 Å². The lowest BCUT2D eigenvalue weighted by atomic mass is 10.0. The minimum absolute atomic E-state index is 0.00304. The fourth-order valence-corrected chi connectivity index (χ4v) is 5.15. The number of allylic oxidation sites excluding steroid dienone is 2. The first-order chi connectivity index (χ1) is 18.5. The summed E-state index contributed by atoms with van der Waals surface area (Å²) >= 11 is 6.64. The van der Waals surface area contributed by atoms with E-state index in [0.29, 0.717) is 58.9 Å². The maximum Gasteiger partial charge on any atom is 0.163 e. The summed E-state index contributed by atoms with van der Waals surface area (Å²) in [6, 6.07) is 7.29. The molecule has 1 aromatic carbocycles. The van der Waals surface area contributed by atoms with E-state index >= 15 is 0 Å². The highest BCUT2D eigenvalue weighted by molar-refractivity contribution is 6.33. The van der Waals surface area contributed by atoms with Gasteiger partial charge in [-0.05, 0) is 77.1 Å². The Bertz CT molecular complexity index is 1450. The lowest BCUT2D eigenvalue weighted by Gasteiger charge is -2.23. The van der Waals surface area contributed by atoms with Crippen LogP contribution in [-0.2, 0) is 13.1 Å². The minimum atomic E-state index is -0.669. The number of aliphatic hydroxyl groups is 2. The standard InChI is InChI=1S/C29H35ClN6O3/c1-15-9-20-12-36(13-24(20)18(4)33-15)29-16(2)27(26(17(3)31)19(5)37)34-28(35-29)23-10-22(7-8-25(23)30)39-14-21(38)11-32-6/h7-10,21,31-32,37-38H,11-14H2,1-6H3/b26-19+,31-17?/t21-/m1/s1. The van der Waals surface area contributed by atoms with Crippen molar-refractivity contribution in [2.24, 2.45) is 0 Å². The fourth-order valence-electron chi connectivity index (χ4n) is 4.94. The summed E-state index contributed by atoms with van der Waals surface area (Å²) in [7, 11) is 1.76. The number of aryl methyl sites for hydroxylation is 2. The molecule has 3 heterocycles. The Morgan fingerprint density at radius 2 is 1.90 bits per heavy atom. The number of ether oxygens (including phenoxy) is 1. The van der Waals surface area contributed by atoms with Gasteiger partial charge in [-0.2, -0.15) is 0 Å². The number of pyridine rings is 1. The Labute approximate surface area is 234 Å². The molecule has 3 aromatic rings. The Hall–Kier alpha value is -3.53. The minimum Gasteiger partial charge on any atom is -0.512 e. The third-order valence-corrected chi connectivity index (χ3v) is 7.05. The molecule has 1 atom stereocenters. The molecule has 9 nitrogen and oxygen atoms in total. The van der Waals surface area contributed by atoms with Crippen molar-refractivity contribution < 1.29 is 14.9 Å². The number of hydrogen-bond acceptors (Lipinski definition) is 9. The molecule has 0 saturated heterocycles. The van der Waals surface area contributed by atoms with Crippen LogP contribution >= 0.6 is 11.6 Å². The van der Waals surface area contributed by atoms with Crippen molar-refractivity contribution in [2.45, 2.75) is 53.8 Å². The number of halogens is 1. The maximum absolute atomic E-state index is 10.5. The molecule has 4 rings (SSSR count). The van der Waals surface area contributed by atoms with Gasteiger partial charge in [-0.15, -0.1) is 0 Å². The molecule has 0 bridgehead atoms. The van der Waals surface area contributed by atoms with Gasteiger partial charge in [0.15, 0.2) is 5.82 Å². The molecule has 0 unspecified atom stereocenters. The van der Waals surface area contributed by atoms with Crippen LogP contribution in [0.25, 0.3) is 17.0 Å². The summed E-state index contributed by atoms with van der Waals surface area (Å²) in [6.45, 7) is 10.9. The highest BCUT2D eigenvalue weighted by atomic mass is 35.5. The Morgan fingerprint density at radius 3 is 2.56 bits per heavy atom. The summed E-state index contributed by atoms with van der Waals surface area (Å²) in [4.78, 5) is 16.6. The summed E-state index contributed by atoms with van der Waals surface area (Å²) < 4.78 is 5.81. The molecule has 0 amide bonds. The third-order valence-electron chi connectivity index (χ3n) is 6.72. The number of rotatable bonds is 9. The number of benzene rings is 1. The van der Waals surface area contributed by atoms with Crippen molar-refractivity contribution in [3.8, 4) is 17.1 Å². The molecule has 0 aliphatic carbocycles. The molecule has 2 aromatic heterocycles. The van der Waals surface area contributed by atoms with Crippen molar-refractivity contribution in [1.82, 2.24) is 20.3 Å². The molecule has 206 valence electrons. The second-order valence-corrected chi connectivity index (χ2v) is 10.3. The molecule has 0 spiro atoms. The Kier molecular flexibility index (Phi) is 8.54. The van der Waals surface area contributed by atoms with Crippen LogP contribution in [0.1, 0.15) is 47.6 Å². The summed E-state index contributed by atoms with van der Waals surface area (Å²) in [5, 5.41) is 32.3. The molecular weight excluding hydrogens is 516 g/mol. The average molecular weight is 551 g/mol. The second kappa shape index (κ2) is 11.7. The lowest BCUT2D eigenvalue weighted by Crippen LogP contribution is -2.29. The van der Waals surface area contributed by atoms with Crippen LogP contribution < -0.4 is 15.0 Å². The van der Waals surface area contributed by atoms with Gasteiger partial charge in [0.25, 0.3) is 0 Å². The SMILES string of the molecule is CNC[C@@H](O)COc1ccc(Cl)c(-c2nc(/C(C(C)=N)=C(\C)O)c(C)c(N3Cc4cc(C)nc(C)c4C3)n2)c1. The van der Waals surface area contributed by atoms with Crippen LogP contribution in [0.15, 0.2) is 30.0 Å². The van der Waals surface area contributed by atoms with E-state index in [4.69, 9.17) is 31.7 Å². The Balaban J connectivity index is 1.84. The number of likely N-dealkylation sites (N-methyl/N-ethyl adjacent to an activating group) is 1. The monoisotopic (exact) mass is 550 g/mol. The van der Waals surface area contributed by atoms with E-state index in [2.05, 4.69) is 21.3 Å². The first-order valence-corrected chi connectivity index (χ1v) is 13.2. The summed E-state index contributed by atoms with van der Waals surface area (Å²) in [5.74, 6) is 1.55. The zero-order valence-corrected chi connectivity index (χ0v) is 23.9. The van der Waals surface area contributed by atoms with Crippen LogP contribution in [-0.4, -0.2) is 57.2 Å². The van der Waals surface area contributed by atoms with Crippen molar-refractivity contribution in [2.75, 3.05) is 25.1 Å². The van der Waals surface area contributed by atoms with E-state index in [1.54, 1.807) is 39.1 Å². The van der Waals surface area contributed by atoms with Crippen LogP contribution in [0.3, 0.4) is 0 Å². The van der Waals surface area contributed by atoms with Crippen molar-refractivity contribution in [3.05, 3.63) is 68.8 Å². The largest absolute Gasteiger partial charge is 0.512 e. The molecule has 1 aliphatic rings. The van der Waals surface area contributed by atoms with Crippen molar-refractivity contribution >= 4 is 28.7 Å². The van der Waals surface area contributed by atoms with Crippen molar-refractivity contribution in [3.63, 3.8) is 0 Å². The maximum atomic E-state index is 10.5. The van der Waals surface area contributed by atoms with Gasteiger partial charge >= 0.3 is 0 Å². The molecule has 1 aliphatic heterocycles. The van der Waals surface area contributed by atoms with E-state index in [0.717, 1.165) is 17.0 Å². The zero-order chi connectivity index (χ0) is 28.4. The number of hydrogen-bond donors (Lipinski definition) is 4. The molecule has 0 fully saturated rings. The molecule has 10 heteroatoms. The number of aromatic nitrogens is 3. The van der Waals surface area contributed by atoms with E-state index in [9.17, 15) is 10.2 Å². The lowest BCUT2D eigenvalue weighted by molar-refractivity contribution is 0.108. The van der Waals surface area contributed by atoms with Crippen LogP contribution in [0.5, 0.6) is 5.75 Å². The molecule has 4 N–H and O–H groups in total. The quantitative estimate of drug-likeness (QED) is 0.218. The van der Waals surface area contributed by atoms with Gasteiger partial charge in [0.1, 0.15) is 30.0 Å². The number of nitrogens with one attached hydrogen (secondary N) is 2. The van der Waals surface area contributed by atoms with Gasteiger partial charge in [0.05, 0.1) is 16.3 Å². The highest BCUT2D eigenvalue weighted by Gasteiger charge is 2.28. The van der Waals surface area contributed by atoms with E-state index in [1.807, 2.05) is 20.8 Å². The first kappa shape index (κ1) is 28.5. The first-order valence-electron chi connectivity index (χ1n) is 12.8. The predicted octanol–water partition coefficient (Wildman–Crippen LogP) is 4.93. The van der Waals surface area contributed by atoms with Crippen LogP contribution in [0, 0.1) is 26.2 Å². The number of fused-ring (bicyclic) bond motifs is 1. The van der Waals surface area contributed by atoms with Gasteiger partial charge in [-0.25, -0.2) is 9.97 Å². The van der Waals surface area contributed by atoms with Gasteiger partial charge in [-0.1, -0.05) is 11.6 Å². The second-order valence-electron chi connectivity index (χ2n) is 9.94. The third kappa shape index (κ3) is 6.06. The van der Waals surface area contributed by atoms with Gasteiger partial charge in [0.2, 0.25) is 0 Å². The van der Waals surface area contributed by atoms with E-state index in [-0.39, 0.29) is 18.1 Å². The Morgan fingerprint density at radius 1 is 1.15 bits per heavy atom. The normalized spacial score (nSPS) is 14.2. The van der Waals surface area contributed by atoms with Gasteiger partial charge < -0.3 is 30.6 Å². The van der Waals surface area contributed by atoms with E-state index in [1.165, 1.54) is 11.1 Å². The molecule has 39 heavy (non-hydrogen) atoms. The summed E-state index contributed by atoms with van der Waals surface area (Å²) in [6.07, 6.45) is -0.669. The predicted molar refractivity (Wildman–Crippen MR) is 155 cm³/mol. The number of nitrogens with zero attached hydrogens (tertiary/aromatic N) is 4. The smallest absolute Gasteiger partial charge is 0.163 e. The number of anilines is 1. The molecule has 0 saturated carbocycles. The fraction of sp³-hybridized carbons (Fsp3) is 0.379. The zero-order valence-electron chi connectivity index (χ0n) is 23.2. The van der Waals surface area contributed by atoms with E-state index < -0.39 is 6.10 Å². The van der Waals surface area contributed by atoms with Gasteiger partial charge in [0, 0.05) is 47.9 Å². The molecule has 0 radical (unpaired) electrons. The summed E-state index contributed by atoms with van der Waals surface area (Å²) in [5.41, 5.74) is 6.64. The van der Waals surface area contributed by atoms with Gasteiger partial charge in [-0.3, -0.25) is 4.98 Å². The van der Waals surface area contributed by atoms with Crippen LogP contribution in [0.2, 0.25) is 5.02 Å². The highest BCUT2D eigenvalue weighted by Crippen LogP contribution is 2.37. The molecular formula is C29H35ClN6O3. The number of aliphatic hydroxyl groups excluding tert-OH is 2.